The molecule has 3 aliphatic rings. The van der Waals surface area contributed by atoms with Gasteiger partial charge in [0.15, 0.2) is 0 Å². The molecule has 0 radical (unpaired) electrons. The summed E-state index contributed by atoms with van der Waals surface area (Å²) in [5.41, 5.74) is 0.366. The fourth-order valence-electron chi connectivity index (χ4n) is 4.75. The number of carbonyl (C=O) groups is 2. The summed E-state index contributed by atoms with van der Waals surface area (Å²) in [6.45, 7) is 2.37. The number of nitrogens with zero attached hydrogens (tertiary/aromatic N) is 3. The molecule has 1 aliphatic carbocycles. The average Bonchev–Trinajstić information content (AvgIpc) is 3.39. The van der Waals surface area contributed by atoms with Gasteiger partial charge < -0.3 is 9.80 Å². The first-order chi connectivity index (χ1) is 13.0. The number of likely N-dealkylation sites (tertiary alicyclic amines) is 2. The SMILES string of the molecule is CN(CC(=O)N1CCCC12CCCN(C1CC1)C2=O)Cc1ccc(F)cc1. The van der Waals surface area contributed by atoms with Gasteiger partial charge in [0, 0.05) is 25.7 Å². The van der Waals surface area contributed by atoms with Crippen molar-refractivity contribution in [2.45, 2.75) is 56.7 Å². The standard InChI is InChI=1S/C21H28FN3O2/c1-23(14-16-4-6-17(22)7-5-16)15-19(26)25-13-3-11-21(25)10-2-12-24(20(21)27)18-8-9-18/h4-7,18H,2-3,8-15H2,1H3. The van der Waals surface area contributed by atoms with E-state index in [9.17, 15) is 14.0 Å². The molecule has 2 aliphatic heterocycles. The smallest absolute Gasteiger partial charge is 0.248 e. The normalized spacial score (nSPS) is 25.7. The molecule has 27 heavy (non-hydrogen) atoms. The van der Waals surface area contributed by atoms with Crippen molar-refractivity contribution in [3.8, 4) is 0 Å². The van der Waals surface area contributed by atoms with Crippen molar-refractivity contribution in [2.24, 2.45) is 0 Å². The van der Waals surface area contributed by atoms with Crippen molar-refractivity contribution < 1.29 is 14.0 Å². The molecular weight excluding hydrogens is 345 g/mol. The summed E-state index contributed by atoms with van der Waals surface area (Å²) >= 11 is 0. The second-order valence-corrected chi connectivity index (χ2v) is 8.31. The van der Waals surface area contributed by atoms with Gasteiger partial charge in [0.05, 0.1) is 6.54 Å². The van der Waals surface area contributed by atoms with Gasteiger partial charge in [-0.15, -0.1) is 0 Å². The Bertz CT molecular complexity index is 719. The van der Waals surface area contributed by atoms with Gasteiger partial charge >= 0.3 is 0 Å². The maximum Gasteiger partial charge on any atom is 0.248 e. The topological polar surface area (TPSA) is 43.9 Å². The largest absolute Gasteiger partial charge is 0.338 e. The maximum atomic E-state index is 13.2. The number of rotatable bonds is 5. The van der Waals surface area contributed by atoms with E-state index in [0.717, 1.165) is 50.6 Å². The number of benzene rings is 1. The third-order valence-corrected chi connectivity index (χ3v) is 6.20. The molecule has 0 aromatic heterocycles. The first kappa shape index (κ1) is 18.4. The zero-order valence-electron chi connectivity index (χ0n) is 16.0. The Labute approximate surface area is 160 Å². The second kappa shape index (κ2) is 7.23. The fourth-order valence-corrected chi connectivity index (χ4v) is 4.75. The Kier molecular flexibility index (Phi) is 4.93. The van der Waals surface area contributed by atoms with E-state index in [4.69, 9.17) is 0 Å². The Morgan fingerprint density at radius 2 is 1.85 bits per heavy atom. The third kappa shape index (κ3) is 3.59. The van der Waals surface area contributed by atoms with Crippen molar-refractivity contribution in [2.75, 3.05) is 26.7 Å². The molecule has 0 bridgehead atoms. The van der Waals surface area contributed by atoms with Crippen LogP contribution in [0.2, 0.25) is 0 Å². The molecule has 3 fully saturated rings. The highest BCUT2D eigenvalue weighted by molar-refractivity contribution is 5.93. The minimum Gasteiger partial charge on any atom is -0.338 e. The molecule has 1 aromatic carbocycles. The number of hydrogen-bond acceptors (Lipinski definition) is 3. The highest BCUT2D eigenvalue weighted by atomic mass is 19.1. The number of hydrogen-bond donors (Lipinski definition) is 0. The highest BCUT2D eigenvalue weighted by Crippen LogP contribution is 2.41. The number of carbonyl (C=O) groups excluding carboxylic acids is 2. The Morgan fingerprint density at radius 1 is 1.19 bits per heavy atom. The van der Waals surface area contributed by atoms with E-state index in [0.29, 0.717) is 19.1 Å². The molecular formula is C21H28FN3O2. The predicted molar refractivity (Wildman–Crippen MR) is 100 cm³/mol. The molecule has 1 spiro atoms. The Morgan fingerprint density at radius 3 is 2.52 bits per heavy atom. The molecule has 0 N–H and O–H groups in total. The lowest BCUT2D eigenvalue weighted by atomic mass is 9.85. The van der Waals surface area contributed by atoms with E-state index >= 15 is 0 Å². The quantitative estimate of drug-likeness (QED) is 0.796. The molecule has 1 atom stereocenters. The van der Waals surface area contributed by atoms with Crippen molar-refractivity contribution >= 4 is 11.8 Å². The summed E-state index contributed by atoms with van der Waals surface area (Å²) in [4.78, 5) is 32.1. The van der Waals surface area contributed by atoms with Gasteiger partial charge in [-0.1, -0.05) is 12.1 Å². The van der Waals surface area contributed by atoms with Crippen molar-refractivity contribution in [3.05, 3.63) is 35.6 Å². The molecule has 2 amide bonds. The van der Waals surface area contributed by atoms with E-state index in [1.807, 2.05) is 21.7 Å². The highest BCUT2D eigenvalue weighted by Gasteiger charge is 2.54. The summed E-state index contributed by atoms with van der Waals surface area (Å²) in [5.74, 6) is -0.0427. The molecule has 4 rings (SSSR count). The zero-order valence-corrected chi connectivity index (χ0v) is 16.0. The first-order valence-electron chi connectivity index (χ1n) is 10.0. The molecule has 5 nitrogen and oxygen atoms in total. The van der Waals surface area contributed by atoms with Gasteiger partial charge in [-0.2, -0.15) is 0 Å². The number of piperidine rings is 1. The van der Waals surface area contributed by atoms with Gasteiger partial charge in [-0.05, 0) is 63.3 Å². The van der Waals surface area contributed by atoms with Crippen LogP contribution in [0.15, 0.2) is 24.3 Å². The van der Waals surface area contributed by atoms with E-state index in [2.05, 4.69) is 0 Å². The molecule has 2 saturated heterocycles. The Hall–Kier alpha value is -1.95. The number of amides is 2. The maximum absolute atomic E-state index is 13.2. The zero-order chi connectivity index (χ0) is 19.0. The predicted octanol–water partition coefficient (Wildman–Crippen LogP) is 2.40. The first-order valence-corrected chi connectivity index (χ1v) is 10.0. The molecule has 6 heteroatoms. The van der Waals surface area contributed by atoms with Crippen LogP contribution in [0, 0.1) is 5.82 Å². The summed E-state index contributed by atoms with van der Waals surface area (Å²) in [5, 5.41) is 0. The van der Waals surface area contributed by atoms with Crippen LogP contribution in [-0.2, 0) is 16.1 Å². The molecule has 1 saturated carbocycles. The van der Waals surface area contributed by atoms with Gasteiger partial charge in [-0.25, -0.2) is 4.39 Å². The van der Waals surface area contributed by atoms with Crippen LogP contribution in [0.5, 0.6) is 0 Å². The summed E-state index contributed by atoms with van der Waals surface area (Å²) < 4.78 is 13.1. The van der Waals surface area contributed by atoms with E-state index in [-0.39, 0.29) is 24.2 Å². The van der Waals surface area contributed by atoms with Crippen molar-refractivity contribution in [1.82, 2.24) is 14.7 Å². The molecule has 146 valence electrons. The van der Waals surface area contributed by atoms with E-state index < -0.39 is 5.54 Å². The minimum absolute atomic E-state index is 0.0307. The van der Waals surface area contributed by atoms with Crippen LogP contribution >= 0.6 is 0 Å². The average molecular weight is 373 g/mol. The summed E-state index contributed by atoms with van der Waals surface area (Å²) in [6, 6.07) is 6.77. The summed E-state index contributed by atoms with van der Waals surface area (Å²) in [7, 11) is 1.89. The lowest BCUT2D eigenvalue weighted by Gasteiger charge is -2.45. The van der Waals surface area contributed by atoms with E-state index in [1.165, 1.54) is 12.1 Å². The van der Waals surface area contributed by atoms with Crippen LogP contribution < -0.4 is 0 Å². The molecule has 2 heterocycles. The minimum atomic E-state index is -0.603. The van der Waals surface area contributed by atoms with Crippen molar-refractivity contribution in [1.29, 1.82) is 0 Å². The second-order valence-electron chi connectivity index (χ2n) is 8.31. The number of likely N-dealkylation sites (N-methyl/N-ethyl adjacent to an activating group) is 1. The van der Waals surface area contributed by atoms with Gasteiger partial charge in [0.1, 0.15) is 11.4 Å². The Balaban J connectivity index is 1.42. The van der Waals surface area contributed by atoms with E-state index in [1.54, 1.807) is 12.1 Å². The molecule has 1 unspecified atom stereocenters. The molecule has 1 aromatic rings. The lowest BCUT2D eigenvalue weighted by Crippen LogP contribution is -2.62. The summed E-state index contributed by atoms with van der Waals surface area (Å²) in [6.07, 6.45) is 5.69. The monoisotopic (exact) mass is 373 g/mol. The van der Waals surface area contributed by atoms with Gasteiger partial charge in [0.2, 0.25) is 11.8 Å². The van der Waals surface area contributed by atoms with Gasteiger partial charge in [0.25, 0.3) is 0 Å². The lowest BCUT2D eigenvalue weighted by molar-refractivity contribution is -0.156. The van der Waals surface area contributed by atoms with Crippen LogP contribution in [0.4, 0.5) is 4.39 Å². The van der Waals surface area contributed by atoms with Crippen LogP contribution in [-0.4, -0.2) is 64.8 Å². The van der Waals surface area contributed by atoms with Gasteiger partial charge in [-0.3, -0.25) is 14.5 Å². The third-order valence-electron chi connectivity index (χ3n) is 6.20. The van der Waals surface area contributed by atoms with Crippen molar-refractivity contribution in [3.63, 3.8) is 0 Å². The van der Waals surface area contributed by atoms with Crippen LogP contribution in [0.1, 0.15) is 44.1 Å². The number of halogens is 1. The fraction of sp³-hybridized carbons (Fsp3) is 0.619. The van der Waals surface area contributed by atoms with Crippen LogP contribution in [0.25, 0.3) is 0 Å². The van der Waals surface area contributed by atoms with Crippen LogP contribution in [0.3, 0.4) is 0 Å².